The third kappa shape index (κ3) is 7.92. The van der Waals surface area contributed by atoms with Gasteiger partial charge in [0.25, 0.3) is 0 Å². The van der Waals surface area contributed by atoms with E-state index in [1.165, 1.54) is 9.21 Å². The van der Waals surface area contributed by atoms with Crippen LogP contribution in [-0.4, -0.2) is 57.6 Å². The molecule has 0 aliphatic carbocycles. The number of methoxy groups -OCH3 is 1. The van der Waals surface area contributed by atoms with Crippen LogP contribution >= 0.6 is 11.6 Å². The molecule has 0 aliphatic heterocycles. The van der Waals surface area contributed by atoms with Gasteiger partial charge in [-0.15, -0.1) is 0 Å². The summed E-state index contributed by atoms with van der Waals surface area (Å²) in [6, 6.07) is 13.1. The monoisotopic (exact) mass is 509 g/mol. The lowest BCUT2D eigenvalue weighted by Gasteiger charge is -2.29. The van der Waals surface area contributed by atoms with Crippen molar-refractivity contribution < 1.29 is 22.7 Å². The van der Waals surface area contributed by atoms with E-state index in [0.29, 0.717) is 23.0 Å². The number of amides is 2. The van der Waals surface area contributed by atoms with Crippen LogP contribution in [-0.2, 0) is 26.2 Å². The minimum Gasteiger partial charge on any atom is -0.497 e. The van der Waals surface area contributed by atoms with E-state index in [0.717, 1.165) is 11.8 Å². The number of nitrogens with one attached hydrogen (secondary N) is 1. The third-order valence-electron chi connectivity index (χ3n) is 5.28. The number of likely N-dealkylation sites (N-methyl/N-ethyl adjacent to an activating group) is 1. The van der Waals surface area contributed by atoms with Gasteiger partial charge in [-0.1, -0.05) is 29.8 Å². The van der Waals surface area contributed by atoms with Crippen molar-refractivity contribution in [2.24, 2.45) is 0 Å². The highest BCUT2D eigenvalue weighted by molar-refractivity contribution is 7.92. The number of benzene rings is 2. The van der Waals surface area contributed by atoms with Crippen LogP contribution < -0.4 is 14.4 Å². The van der Waals surface area contributed by atoms with Crippen molar-refractivity contribution in [1.29, 1.82) is 0 Å². The van der Waals surface area contributed by atoms with Gasteiger partial charge in [0.2, 0.25) is 21.8 Å². The summed E-state index contributed by atoms with van der Waals surface area (Å²) in [5, 5.41) is 3.17. The molecular formula is C24H32ClN3O5S. The fourth-order valence-electron chi connectivity index (χ4n) is 3.47. The molecule has 2 rings (SSSR count). The summed E-state index contributed by atoms with van der Waals surface area (Å²) in [6.45, 7) is 4.30. The Balaban J connectivity index is 2.15. The average Bonchev–Trinajstić information content (AvgIpc) is 2.79. The Morgan fingerprint density at radius 3 is 2.38 bits per heavy atom. The Morgan fingerprint density at radius 2 is 1.82 bits per heavy atom. The molecule has 2 aromatic rings. The summed E-state index contributed by atoms with van der Waals surface area (Å²) in [5.74, 6) is 0.204. The lowest BCUT2D eigenvalue weighted by atomic mass is 10.1. The standard InChI is InChI=1S/C24H32ClN3O5S/c1-5-26-24(30)18(2)27(17-19-11-13-22(33-3)14-12-19)23(29)10-7-15-28(34(4,31)32)21-9-6-8-20(25)16-21/h6,8-9,11-14,16,18H,5,7,10,15,17H2,1-4H3,(H,26,30). The largest absolute Gasteiger partial charge is 0.497 e. The molecule has 8 nitrogen and oxygen atoms in total. The molecule has 0 saturated heterocycles. The first-order valence-electron chi connectivity index (χ1n) is 11.0. The van der Waals surface area contributed by atoms with Gasteiger partial charge in [0.05, 0.1) is 19.1 Å². The zero-order chi connectivity index (χ0) is 25.3. The second kappa shape index (κ2) is 12.6. The minimum absolute atomic E-state index is 0.0759. The molecular weight excluding hydrogens is 478 g/mol. The summed E-state index contributed by atoms with van der Waals surface area (Å²) in [5.41, 5.74) is 1.29. The van der Waals surface area contributed by atoms with Gasteiger partial charge in [0.15, 0.2) is 0 Å². The summed E-state index contributed by atoms with van der Waals surface area (Å²) in [6.07, 6.45) is 1.47. The van der Waals surface area contributed by atoms with Gasteiger partial charge in [-0.25, -0.2) is 8.42 Å². The average molecular weight is 510 g/mol. The van der Waals surface area contributed by atoms with Crippen molar-refractivity contribution in [3.8, 4) is 5.75 Å². The minimum atomic E-state index is -3.57. The van der Waals surface area contributed by atoms with Gasteiger partial charge >= 0.3 is 0 Å². The Kier molecular flexibility index (Phi) is 10.2. The van der Waals surface area contributed by atoms with Crippen LogP contribution in [0.25, 0.3) is 0 Å². The highest BCUT2D eigenvalue weighted by Gasteiger charge is 2.26. The molecule has 0 radical (unpaired) electrons. The van der Waals surface area contributed by atoms with Gasteiger partial charge in [-0.2, -0.15) is 0 Å². The maximum absolute atomic E-state index is 13.2. The van der Waals surface area contributed by atoms with Crippen LogP contribution in [0, 0.1) is 0 Å². The number of carbonyl (C=O) groups is 2. The zero-order valence-corrected chi connectivity index (χ0v) is 21.5. The first-order valence-corrected chi connectivity index (χ1v) is 13.2. The van der Waals surface area contributed by atoms with Crippen LogP contribution in [0.5, 0.6) is 5.75 Å². The molecule has 0 fully saturated rings. The maximum Gasteiger partial charge on any atom is 0.242 e. The number of ether oxygens (including phenoxy) is 1. The summed E-state index contributed by atoms with van der Waals surface area (Å²) < 4.78 is 31.1. The molecule has 186 valence electrons. The molecule has 0 aromatic heterocycles. The number of anilines is 1. The molecule has 1 N–H and O–H groups in total. The topological polar surface area (TPSA) is 96.0 Å². The summed E-state index contributed by atoms with van der Waals surface area (Å²) in [7, 11) is -2.00. The van der Waals surface area contributed by atoms with Crippen molar-refractivity contribution in [1.82, 2.24) is 10.2 Å². The van der Waals surface area contributed by atoms with Crippen LogP contribution in [0.15, 0.2) is 48.5 Å². The SMILES string of the molecule is CCNC(=O)C(C)N(Cc1ccc(OC)cc1)C(=O)CCCN(c1cccc(Cl)c1)S(C)(=O)=O. The lowest BCUT2D eigenvalue weighted by Crippen LogP contribution is -2.47. The van der Waals surface area contributed by atoms with Gasteiger partial charge in [0, 0.05) is 31.1 Å². The van der Waals surface area contributed by atoms with E-state index < -0.39 is 16.1 Å². The first kappa shape index (κ1) is 27.5. The maximum atomic E-state index is 13.2. The highest BCUT2D eigenvalue weighted by Crippen LogP contribution is 2.23. The Bertz CT molecular complexity index is 1080. The lowest BCUT2D eigenvalue weighted by molar-refractivity contribution is -0.140. The molecule has 10 heteroatoms. The molecule has 1 unspecified atom stereocenters. The fourth-order valence-corrected chi connectivity index (χ4v) is 4.61. The van der Waals surface area contributed by atoms with Crippen LogP contribution in [0.3, 0.4) is 0 Å². The number of rotatable bonds is 12. The second-order valence-corrected chi connectivity index (χ2v) is 10.2. The van der Waals surface area contributed by atoms with Crippen LogP contribution in [0.2, 0.25) is 5.02 Å². The Morgan fingerprint density at radius 1 is 1.15 bits per heavy atom. The van der Waals surface area contributed by atoms with Crippen molar-refractivity contribution in [2.45, 2.75) is 39.3 Å². The van der Waals surface area contributed by atoms with E-state index in [1.54, 1.807) is 50.4 Å². The van der Waals surface area contributed by atoms with E-state index >= 15 is 0 Å². The summed E-state index contributed by atoms with van der Waals surface area (Å²) >= 11 is 6.02. The van der Waals surface area contributed by atoms with E-state index in [2.05, 4.69) is 5.32 Å². The first-order chi connectivity index (χ1) is 16.1. The van der Waals surface area contributed by atoms with Gasteiger partial charge in [-0.3, -0.25) is 13.9 Å². The smallest absolute Gasteiger partial charge is 0.242 e. The number of hydrogen-bond acceptors (Lipinski definition) is 5. The predicted molar refractivity (Wildman–Crippen MR) is 135 cm³/mol. The van der Waals surface area contributed by atoms with Crippen molar-refractivity contribution in [3.05, 3.63) is 59.1 Å². The van der Waals surface area contributed by atoms with Gasteiger partial charge in [-0.05, 0) is 56.2 Å². The normalized spacial score (nSPS) is 12.0. The predicted octanol–water partition coefficient (Wildman–Crippen LogP) is 3.45. The third-order valence-corrected chi connectivity index (χ3v) is 6.71. The van der Waals surface area contributed by atoms with E-state index in [9.17, 15) is 18.0 Å². The Hall–Kier alpha value is -2.78. The molecule has 1 atom stereocenters. The van der Waals surface area contributed by atoms with Crippen molar-refractivity contribution in [2.75, 3.05) is 30.8 Å². The number of nitrogens with zero attached hydrogens (tertiary/aromatic N) is 2. The van der Waals surface area contributed by atoms with E-state index in [1.807, 2.05) is 19.1 Å². The van der Waals surface area contributed by atoms with Crippen LogP contribution in [0.4, 0.5) is 5.69 Å². The molecule has 0 bridgehead atoms. The number of halogens is 1. The molecule has 0 aliphatic rings. The second-order valence-electron chi connectivity index (χ2n) is 7.86. The molecule has 34 heavy (non-hydrogen) atoms. The van der Waals surface area contributed by atoms with E-state index in [4.69, 9.17) is 16.3 Å². The van der Waals surface area contributed by atoms with Crippen molar-refractivity contribution >= 4 is 39.1 Å². The quantitative estimate of drug-likeness (QED) is 0.472. The molecule has 0 saturated carbocycles. The Labute approximate surface area is 206 Å². The van der Waals surface area contributed by atoms with Gasteiger partial charge < -0.3 is 15.0 Å². The highest BCUT2D eigenvalue weighted by atomic mass is 35.5. The number of hydrogen-bond donors (Lipinski definition) is 1. The summed E-state index contributed by atoms with van der Waals surface area (Å²) in [4.78, 5) is 27.2. The van der Waals surface area contributed by atoms with Crippen molar-refractivity contribution in [3.63, 3.8) is 0 Å². The zero-order valence-electron chi connectivity index (χ0n) is 20.0. The fraction of sp³-hybridized carbons (Fsp3) is 0.417. The number of carbonyl (C=O) groups excluding carboxylic acids is 2. The van der Waals surface area contributed by atoms with E-state index in [-0.39, 0.29) is 37.7 Å². The molecule has 2 amide bonds. The van der Waals surface area contributed by atoms with Gasteiger partial charge in [0.1, 0.15) is 11.8 Å². The molecule has 2 aromatic carbocycles. The molecule has 0 heterocycles. The number of sulfonamides is 1. The molecule has 0 spiro atoms. The van der Waals surface area contributed by atoms with Crippen LogP contribution in [0.1, 0.15) is 32.3 Å².